The summed E-state index contributed by atoms with van der Waals surface area (Å²) in [5.41, 5.74) is 3.69. The van der Waals surface area contributed by atoms with Gasteiger partial charge in [-0.2, -0.15) is 0 Å². The van der Waals surface area contributed by atoms with E-state index in [0.29, 0.717) is 36.6 Å². The van der Waals surface area contributed by atoms with Crippen molar-refractivity contribution in [2.24, 2.45) is 0 Å². The van der Waals surface area contributed by atoms with Crippen molar-refractivity contribution in [2.75, 3.05) is 0 Å². The number of hydrogen-bond donors (Lipinski definition) is 0. The summed E-state index contributed by atoms with van der Waals surface area (Å²) in [7, 11) is -1.93. The molecule has 9 atom stereocenters. The summed E-state index contributed by atoms with van der Waals surface area (Å²) in [6.07, 6.45) is 15.4. The first-order valence-corrected chi connectivity index (χ1v) is 14.5. The minimum atomic E-state index is -1.93. The molecule has 3 aliphatic carbocycles. The van der Waals surface area contributed by atoms with Gasteiger partial charge in [0.05, 0.1) is 36.6 Å². The van der Waals surface area contributed by atoms with Crippen LogP contribution in [0.3, 0.4) is 0 Å². The summed E-state index contributed by atoms with van der Waals surface area (Å²) in [6, 6.07) is 9.83. The fourth-order valence-electron chi connectivity index (χ4n) is 8.18. The number of hydrogen-bond acceptors (Lipinski definition) is 3. The minimum Gasteiger partial charge on any atom is -0.370 e. The monoisotopic (exact) mass is 410 g/mol. The maximum Gasteiger partial charge on any atom is 0.104 e. The fraction of sp³-hybridized carbons (Fsp3) is 0.760. The Bertz CT molecular complexity index is 724. The summed E-state index contributed by atoms with van der Waals surface area (Å²) >= 11 is 0. The SMILES string of the molecule is Cc1ccc([Si](C2CCCC3OC32)(C2CCCC3OC32)C2CCCC3OC32)cc1. The van der Waals surface area contributed by atoms with Crippen molar-refractivity contribution in [1.29, 1.82) is 0 Å². The lowest BCUT2D eigenvalue weighted by atomic mass is 9.98. The van der Waals surface area contributed by atoms with Crippen molar-refractivity contribution in [2.45, 2.75) is 118 Å². The second kappa shape index (κ2) is 6.41. The Balaban J connectivity index is 1.41. The van der Waals surface area contributed by atoms with Gasteiger partial charge in [-0.05, 0) is 62.1 Å². The molecular formula is C25H34O3Si. The molecule has 0 N–H and O–H groups in total. The molecule has 0 amide bonds. The molecule has 156 valence electrons. The van der Waals surface area contributed by atoms with E-state index in [2.05, 4.69) is 31.2 Å². The van der Waals surface area contributed by atoms with Gasteiger partial charge in [0.25, 0.3) is 0 Å². The molecule has 6 fully saturated rings. The number of aryl methyl sites for hydroxylation is 1. The summed E-state index contributed by atoms with van der Waals surface area (Å²) in [5, 5.41) is 1.71. The van der Waals surface area contributed by atoms with Gasteiger partial charge in [0.15, 0.2) is 0 Å². The first-order chi connectivity index (χ1) is 14.3. The summed E-state index contributed by atoms with van der Waals surface area (Å²) in [5.74, 6) is 0. The second-order valence-corrected chi connectivity index (χ2v) is 15.5. The lowest BCUT2D eigenvalue weighted by Gasteiger charge is -2.51. The molecule has 3 saturated carbocycles. The Labute approximate surface area is 175 Å². The number of rotatable bonds is 4. The van der Waals surface area contributed by atoms with Crippen LogP contribution < -0.4 is 5.19 Å². The maximum atomic E-state index is 6.37. The van der Waals surface area contributed by atoms with Gasteiger partial charge in [0.1, 0.15) is 8.07 Å². The predicted molar refractivity (Wildman–Crippen MR) is 115 cm³/mol. The van der Waals surface area contributed by atoms with Gasteiger partial charge in [0, 0.05) is 0 Å². The first kappa shape index (κ1) is 17.9. The molecule has 0 radical (unpaired) electrons. The van der Waals surface area contributed by atoms with Crippen molar-refractivity contribution in [1.82, 2.24) is 0 Å². The maximum absolute atomic E-state index is 6.37. The summed E-state index contributed by atoms with van der Waals surface area (Å²) in [4.78, 5) is 0. The number of ether oxygens (including phenoxy) is 3. The highest BCUT2D eigenvalue weighted by atomic mass is 28.3. The second-order valence-electron chi connectivity index (χ2n) is 10.8. The van der Waals surface area contributed by atoms with Gasteiger partial charge in [-0.1, -0.05) is 54.3 Å². The molecule has 0 aromatic heterocycles. The van der Waals surface area contributed by atoms with Gasteiger partial charge in [-0.3, -0.25) is 0 Å². The molecule has 3 saturated heterocycles. The predicted octanol–water partition coefficient (Wildman–Crippen LogP) is 4.62. The minimum absolute atomic E-state index is 0.537. The Morgan fingerprint density at radius 2 is 1.03 bits per heavy atom. The van der Waals surface area contributed by atoms with E-state index in [1.54, 1.807) is 5.19 Å². The van der Waals surface area contributed by atoms with Gasteiger partial charge in [-0.15, -0.1) is 0 Å². The molecule has 7 rings (SSSR count). The number of benzene rings is 1. The summed E-state index contributed by atoms with van der Waals surface area (Å²) in [6.45, 7) is 2.23. The van der Waals surface area contributed by atoms with E-state index in [-0.39, 0.29) is 0 Å². The number of epoxide rings is 3. The molecule has 3 aliphatic heterocycles. The molecule has 29 heavy (non-hydrogen) atoms. The molecule has 3 nitrogen and oxygen atoms in total. The quantitative estimate of drug-likeness (QED) is 0.537. The van der Waals surface area contributed by atoms with Gasteiger partial charge in [-0.25, -0.2) is 0 Å². The molecule has 3 heterocycles. The Hall–Kier alpha value is -0.683. The van der Waals surface area contributed by atoms with Crippen molar-refractivity contribution in [3.05, 3.63) is 29.8 Å². The topological polar surface area (TPSA) is 37.6 Å². The molecule has 0 spiro atoms. The first-order valence-electron chi connectivity index (χ1n) is 12.3. The van der Waals surface area contributed by atoms with Crippen molar-refractivity contribution >= 4 is 13.3 Å². The zero-order valence-electron chi connectivity index (χ0n) is 17.6. The number of fused-ring (bicyclic) bond motifs is 3. The Kier molecular flexibility index (Phi) is 3.97. The largest absolute Gasteiger partial charge is 0.370 e. The highest BCUT2D eigenvalue weighted by Crippen LogP contribution is 2.64. The van der Waals surface area contributed by atoms with E-state index in [1.807, 2.05) is 0 Å². The van der Waals surface area contributed by atoms with E-state index in [4.69, 9.17) is 14.2 Å². The van der Waals surface area contributed by atoms with Crippen LogP contribution in [0.25, 0.3) is 0 Å². The molecule has 0 bridgehead atoms. The molecular weight excluding hydrogens is 376 g/mol. The van der Waals surface area contributed by atoms with Crippen molar-refractivity contribution in [3.8, 4) is 0 Å². The van der Waals surface area contributed by atoms with E-state index in [9.17, 15) is 0 Å². The third-order valence-corrected chi connectivity index (χ3v) is 16.3. The Morgan fingerprint density at radius 1 is 0.621 bits per heavy atom. The van der Waals surface area contributed by atoms with Gasteiger partial charge < -0.3 is 14.2 Å². The highest BCUT2D eigenvalue weighted by molar-refractivity contribution is 6.96. The lowest BCUT2D eigenvalue weighted by Crippen LogP contribution is -2.64. The van der Waals surface area contributed by atoms with Crippen LogP contribution in [0.15, 0.2) is 24.3 Å². The average Bonchev–Trinajstić information content (AvgIpc) is 3.61. The third-order valence-electron chi connectivity index (χ3n) is 9.46. The average molecular weight is 411 g/mol. The zero-order valence-corrected chi connectivity index (χ0v) is 18.6. The van der Waals surface area contributed by atoms with E-state index in [0.717, 1.165) is 16.6 Å². The highest BCUT2D eigenvalue weighted by Gasteiger charge is 2.70. The molecule has 4 heteroatoms. The van der Waals surface area contributed by atoms with Crippen LogP contribution in [0.5, 0.6) is 0 Å². The van der Waals surface area contributed by atoms with Crippen molar-refractivity contribution in [3.63, 3.8) is 0 Å². The van der Waals surface area contributed by atoms with Crippen molar-refractivity contribution < 1.29 is 14.2 Å². The zero-order chi connectivity index (χ0) is 19.2. The van der Waals surface area contributed by atoms with Crippen LogP contribution in [-0.4, -0.2) is 44.7 Å². The van der Waals surface area contributed by atoms with Crippen LogP contribution in [-0.2, 0) is 14.2 Å². The standard InChI is InChI=1S/C25H34O3Si/c1-15-11-13-16(14-12-15)29(20-8-2-5-17-23(20)26-17,21-9-3-6-18-24(21)27-18)22-10-4-7-19-25(22)28-19/h11-14,17-25H,2-10H2,1H3. The van der Waals surface area contributed by atoms with Gasteiger partial charge in [0.2, 0.25) is 0 Å². The smallest absolute Gasteiger partial charge is 0.104 e. The van der Waals surface area contributed by atoms with E-state index in [1.165, 1.54) is 63.4 Å². The van der Waals surface area contributed by atoms with Crippen LogP contribution in [0.2, 0.25) is 16.6 Å². The van der Waals surface area contributed by atoms with Crippen LogP contribution in [0.4, 0.5) is 0 Å². The molecule has 1 aromatic carbocycles. The summed E-state index contributed by atoms with van der Waals surface area (Å²) < 4.78 is 19.1. The molecule has 9 unspecified atom stereocenters. The van der Waals surface area contributed by atoms with Crippen LogP contribution in [0, 0.1) is 6.92 Å². The fourth-order valence-corrected chi connectivity index (χ4v) is 16.4. The van der Waals surface area contributed by atoms with E-state index >= 15 is 0 Å². The Morgan fingerprint density at radius 3 is 1.45 bits per heavy atom. The third kappa shape index (κ3) is 2.65. The molecule has 1 aromatic rings. The van der Waals surface area contributed by atoms with Crippen LogP contribution >= 0.6 is 0 Å². The normalized spacial score (nSPS) is 49.2. The van der Waals surface area contributed by atoms with Crippen LogP contribution in [0.1, 0.15) is 63.4 Å². The lowest BCUT2D eigenvalue weighted by molar-refractivity contribution is 0.352. The molecule has 6 aliphatic rings. The van der Waals surface area contributed by atoms with E-state index < -0.39 is 8.07 Å². The van der Waals surface area contributed by atoms with Gasteiger partial charge >= 0.3 is 0 Å².